The fraction of sp³-hybridized carbons (Fsp3) is 0.0714. The van der Waals surface area contributed by atoms with Crippen LogP contribution in [0.1, 0.15) is 26.3 Å². The number of halogens is 1. The highest BCUT2D eigenvalue weighted by Crippen LogP contribution is 2.28. The SMILES string of the molecule is Cc1c(C(=O)O)ccc(-c2ccc(Cl)nc2)c1C(=O)O. The minimum Gasteiger partial charge on any atom is -0.478 e. The third-order valence-corrected chi connectivity index (χ3v) is 3.17. The molecule has 0 unspecified atom stereocenters. The van der Waals surface area contributed by atoms with Crippen LogP contribution in [-0.4, -0.2) is 27.1 Å². The molecule has 102 valence electrons. The third kappa shape index (κ3) is 2.48. The zero-order valence-corrected chi connectivity index (χ0v) is 11.2. The lowest BCUT2D eigenvalue weighted by molar-refractivity contribution is 0.0696. The van der Waals surface area contributed by atoms with Crippen LogP contribution in [0, 0.1) is 6.92 Å². The molecule has 2 N–H and O–H groups in total. The van der Waals surface area contributed by atoms with E-state index in [1.54, 1.807) is 12.1 Å². The Morgan fingerprint density at radius 1 is 1.10 bits per heavy atom. The van der Waals surface area contributed by atoms with Crippen molar-refractivity contribution in [1.82, 2.24) is 4.98 Å². The van der Waals surface area contributed by atoms with Crippen molar-refractivity contribution in [1.29, 1.82) is 0 Å². The van der Waals surface area contributed by atoms with Gasteiger partial charge < -0.3 is 10.2 Å². The monoisotopic (exact) mass is 291 g/mol. The maximum atomic E-state index is 11.4. The third-order valence-electron chi connectivity index (χ3n) is 2.95. The molecule has 0 aliphatic heterocycles. The van der Waals surface area contributed by atoms with Crippen LogP contribution in [0.15, 0.2) is 30.5 Å². The van der Waals surface area contributed by atoms with E-state index in [-0.39, 0.29) is 16.7 Å². The fourth-order valence-corrected chi connectivity index (χ4v) is 2.11. The second-order valence-corrected chi connectivity index (χ2v) is 4.53. The van der Waals surface area contributed by atoms with Crippen LogP contribution in [0.3, 0.4) is 0 Å². The van der Waals surface area contributed by atoms with E-state index in [2.05, 4.69) is 4.98 Å². The maximum Gasteiger partial charge on any atom is 0.336 e. The molecule has 0 bridgehead atoms. The molecule has 1 heterocycles. The molecule has 1 aromatic heterocycles. The van der Waals surface area contributed by atoms with Crippen LogP contribution in [0.5, 0.6) is 0 Å². The van der Waals surface area contributed by atoms with Crippen LogP contribution in [0.2, 0.25) is 5.15 Å². The van der Waals surface area contributed by atoms with Gasteiger partial charge in [0.2, 0.25) is 0 Å². The molecule has 0 saturated heterocycles. The summed E-state index contributed by atoms with van der Waals surface area (Å²) in [5, 5.41) is 18.7. The minimum absolute atomic E-state index is 0.0342. The van der Waals surface area contributed by atoms with Gasteiger partial charge in [-0.3, -0.25) is 0 Å². The number of aromatic nitrogens is 1. The lowest BCUT2D eigenvalue weighted by Crippen LogP contribution is -2.09. The van der Waals surface area contributed by atoms with Crippen LogP contribution in [0.25, 0.3) is 11.1 Å². The molecule has 0 amide bonds. The second kappa shape index (κ2) is 5.30. The number of carbonyl (C=O) groups is 2. The zero-order valence-electron chi connectivity index (χ0n) is 10.4. The van der Waals surface area contributed by atoms with E-state index in [1.807, 2.05) is 0 Å². The maximum absolute atomic E-state index is 11.4. The summed E-state index contributed by atoms with van der Waals surface area (Å²) in [6, 6.07) is 6.03. The first kappa shape index (κ1) is 14.0. The topological polar surface area (TPSA) is 87.5 Å². The number of rotatable bonds is 3. The molecule has 0 aliphatic rings. The lowest BCUT2D eigenvalue weighted by Gasteiger charge is -2.11. The number of nitrogens with zero attached hydrogens (tertiary/aromatic N) is 1. The molecule has 0 fully saturated rings. The summed E-state index contributed by atoms with van der Waals surface area (Å²) in [6.07, 6.45) is 1.45. The Hall–Kier alpha value is -2.40. The Balaban J connectivity index is 2.71. The van der Waals surface area contributed by atoms with Gasteiger partial charge in [-0.25, -0.2) is 14.6 Å². The van der Waals surface area contributed by atoms with E-state index in [0.717, 1.165) is 0 Å². The summed E-state index contributed by atoms with van der Waals surface area (Å²) in [5.74, 6) is -2.35. The molecule has 2 rings (SSSR count). The largest absolute Gasteiger partial charge is 0.478 e. The lowest BCUT2D eigenvalue weighted by atomic mass is 9.93. The van der Waals surface area contributed by atoms with E-state index in [4.69, 9.17) is 16.7 Å². The summed E-state index contributed by atoms with van der Waals surface area (Å²) < 4.78 is 0. The quantitative estimate of drug-likeness (QED) is 0.848. The Kier molecular flexibility index (Phi) is 3.72. The van der Waals surface area contributed by atoms with Crippen molar-refractivity contribution >= 4 is 23.5 Å². The van der Waals surface area contributed by atoms with Gasteiger partial charge in [-0.2, -0.15) is 0 Å². The Labute approximate surface area is 119 Å². The molecule has 0 spiro atoms. The van der Waals surface area contributed by atoms with Crippen molar-refractivity contribution in [3.8, 4) is 11.1 Å². The van der Waals surface area contributed by atoms with Crippen LogP contribution in [-0.2, 0) is 0 Å². The van der Waals surface area contributed by atoms with Gasteiger partial charge in [0.05, 0.1) is 11.1 Å². The number of hydrogen-bond donors (Lipinski definition) is 2. The zero-order chi connectivity index (χ0) is 14.9. The van der Waals surface area contributed by atoms with Crippen LogP contribution < -0.4 is 0 Å². The predicted octanol–water partition coefficient (Wildman–Crippen LogP) is 3.11. The first-order chi connectivity index (χ1) is 9.41. The van der Waals surface area contributed by atoms with Crippen molar-refractivity contribution in [2.75, 3.05) is 0 Å². The summed E-state index contributed by atoms with van der Waals surface area (Å²) in [4.78, 5) is 26.4. The highest BCUT2D eigenvalue weighted by molar-refractivity contribution is 6.29. The minimum atomic E-state index is -1.18. The normalized spacial score (nSPS) is 10.3. The molecule has 20 heavy (non-hydrogen) atoms. The van der Waals surface area contributed by atoms with Crippen molar-refractivity contribution in [2.24, 2.45) is 0 Å². The number of aromatic carboxylic acids is 2. The number of benzene rings is 1. The molecular weight excluding hydrogens is 282 g/mol. The van der Waals surface area contributed by atoms with Crippen molar-refractivity contribution in [2.45, 2.75) is 6.92 Å². The van der Waals surface area contributed by atoms with Gasteiger partial charge in [0.25, 0.3) is 0 Å². The average Bonchev–Trinajstić information content (AvgIpc) is 2.38. The van der Waals surface area contributed by atoms with Gasteiger partial charge in [-0.05, 0) is 36.2 Å². The molecule has 0 saturated carbocycles. The van der Waals surface area contributed by atoms with E-state index in [9.17, 15) is 14.7 Å². The molecular formula is C14H10ClNO4. The summed E-state index contributed by atoms with van der Waals surface area (Å²) in [6.45, 7) is 1.47. The molecule has 6 heteroatoms. The summed E-state index contributed by atoms with van der Waals surface area (Å²) in [7, 11) is 0. The first-order valence-electron chi connectivity index (χ1n) is 5.64. The number of pyridine rings is 1. The molecule has 0 radical (unpaired) electrons. The van der Waals surface area contributed by atoms with Gasteiger partial charge in [0.1, 0.15) is 5.15 Å². The number of carboxylic acid groups (broad SMARTS) is 2. The molecule has 1 aromatic carbocycles. The Morgan fingerprint density at radius 3 is 2.30 bits per heavy atom. The summed E-state index contributed by atoms with van der Waals surface area (Å²) >= 11 is 5.69. The Bertz CT molecular complexity index is 695. The highest BCUT2D eigenvalue weighted by Gasteiger charge is 2.20. The fourth-order valence-electron chi connectivity index (χ4n) is 1.99. The van der Waals surface area contributed by atoms with Gasteiger partial charge in [0, 0.05) is 11.8 Å². The number of hydrogen-bond acceptors (Lipinski definition) is 3. The van der Waals surface area contributed by atoms with Gasteiger partial charge in [-0.15, -0.1) is 0 Å². The van der Waals surface area contributed by atoms with E-state index >= 15 is 0 Å². The highest BCUT2D eigenvalue weighted by atomic mass is 35.5. The molecule has 0 atom stereocenters. The smallest absolute Gasteiger partial charge is 0.336 e. The molecule has 2 aromatic rings. The Morgan fingerprint density at radius 2 is 1.80 bits per heavy atom. The van der Waals surface area contributed by atoms with Crippen molar-refractivity contribution in [3.63, 3.8) is 0 Å². The second-order valence-electron chi connectivity index (χ2n) is 4.14. The predicted molar refractivity (Wildman–Crippen MR) is 73.3 cm³/mol. The first-order valence-corrected chi connectivity index (χ1v) is 6.01. The van der Waals surface area contributed by atoms with Crippen LogP contribution in [0.4, 0.5) is 0 Å². The van der Waals surface area contributed by atoms with E-state index in [0.29, 0.717) is 16.3 Å². The van der Waals surface area contributed by atoms with Gasteiger partial charge in [-0.1, -0.05) is 17.7 Å². The standard InChI is InChI=1S/C14H10ClNO4/c1-7-9(13(17)18)3-4-10(12(7)14(19)20)8-2-5-11(15)16-6-8/h2-6H,1H3,(H,17,18)(H,19,20). The molecule has 5 nitrogen and oxygen atoms in total. The van der Waals surface area contributed by atoms with E-state index in [1.165, 1.54) is 25.3 Å². The molecule has 0 aliphatic carbocycles. The van der Waals surface area contributed by atoms with Crippen molar-refractivity contribution < 1.29 is 19.8 Å². The average molecular weight is 292 g/mol. The van der Waals surface area contributed by atoms with Crippen molar-refractivity contribution in [3.05, 3.63) is 52.3 Å². The van der Waals surface area contributed by atoms with Crippen LogP contribution >= 0.6 is 11.6 Å². The summed E-state index contributed by atoms with van der Waals surface area (Å²) in [5.41, 5.74) is 1.09. The van der Waals surface area contributed by atoms with E-state index < -0.39 is 11.9 Å². The van der Waals surface area contributed by atoms with Gasteiger partial charge >= 0.3 is 11.9 Å². The van der Waals surface area contributed by atoms with Gasteiger partial charge in [0.15, 0.2) is 0 Å². The number of carboxylic acids is 2.